The number of nitrogens with one attached hydrogen (secondary N) is 2. The third-order valence-electron chi connectivity index (χ3n) is 5.14. The summed E-state index contributed by atoms with van der Waals surface area (Å²) in [4.78, 5) is 24.8. The molecule has 0 spiro atoms. The number of benzene rings is 2. The predicted octanol–water partition coefficient (Wildman–Crippen LogP) is 3.24. The van der Waals surface area contributed by atoms with Gasteiger partial charge in [-0.15, -0.1) is 0 Å². The molecule has 2 amide bonds. The van der Waals surface area contributed by atoms with Crippen molar-refractivity contribution in [1.82, 2.24) is 14.9 Å². The molecule has 0 bridgehead atoms. The molecule has 0 unspecified atom stereocenters. The summed E-state index contributed by atoms with van der Waals surface area (Å²) < 4.78 is 10.7. The fourth-order valence-corrected chi connectivity index (χ4v) is 3.56. The zero-order valence-electron chi connectivity index (χ0n) is 16.9. The van der Waals surface area contributed by atoms with Crippen LogP contribution in [0.25, 0.3) is 11.0 Å². The first-order valence-corrected chi connectivity index (χ1v) is 9.57. The van der Waals surface area contributed by atoms with E-state index >= 15 is 0 Å². The van der Waals surface area contributed by atoms with Crippen molar-refractivity contribution in [2.75, 3.05) is 50.6 Å². The van der Waals surface area contributed by atoms with E-state index in [4.69, 9.17) is 9.47 Å². The Morgan fingerprint density at radius 2 is 1.90 bits per heavy atom. The summed E-state index contributed by atoms with van der Waals surface area (Å²) in [7, 11) is 3.13. The molecule has 29 heavy (non-hydrogen) atoms. The van der Waals surface area contributed by atoms with Gasteiger partial charge in [-0.05, 0) is 36.8 Å². The summed E-state index contributed by atoms with van der Waals surface area (Å²) in [5, 5.41) is 2.93. The standard InChI is InChI=1S/C21H25N5O3/c1-14-7-8-15-17(13-14)23-20(22-15)25-9-11-26(12-10-25)21(27)24-16-5-4-6-18(28-2)19(16)29-3/h4-8,13H,9-12H2,1-3H3,(H,22,23)(H,24,27). The number of aromatic nitrogens is 2. The van der Waals surface area contributed by atoms with Gasteiger partial charge in [0.2, 0.25) is 5.95 Å². The number of H-pyrrole nitrogens is 1. The minimum Gasteiger partial charge on any atom is -0.493 e. The molecular weight excluding hydrogens is 370 g/mol. The van der Waals surface area contributed by atoms with Crippen molar-refractivity contribution >= 4 is 28.7 Å². The number of piperazine rings is 1. The minimum atomic E-state index is -0.156. The van der Waals surface area contributed by atoms with Crippen molar-refractivity contribution in [2.45, 2.75) is 6.92 Å². The maximum Gasteiger partial charge on any atom is 0.322 e. The van der Waals surface area contributed by atoms with Crippen LogP contribution in [0.5, 0.6) is 11.5 Å². The first kappa shape index (κ1) is 18.9. The van der Waals surface area contributed by atoms with Gasteiger partial charge >= 0.3 is 6.03 Å². The van der Waals surface area contributed by atoms with Crippen LogP contribution in [0.1, 0.15) is 5.56 Å². The second-order valence-electron chi connectivity index (χ2n) is 7.03. The number of aryl methyl sites for hydroxylation is 1. The SMILES string of the molecule is COc1cccc(NC(=O)N2CCN(c3nc4ccc(C)cc4[nH]3)CC2)c1OC. The van der Waals surface area contributed by atoms with Gasteiger partial charge in [-0.25, -0.2) is 9.78 Å². The van der Waals surface area contributed by atoms with Gasteiger partial charge in [0.05, 0.1) is 30.9 Å². The second-order valence-corrected chi connectivity index (χ2v) is 7.03. The molecule has 3 aromatic rings. The van der Waals surface area contributed by atoms with Gasteiger partial charge in [0.25, 0.3) is 0 Å². The van der Waals surface area contributed by atoms with E-state index in [-0.39, 0.29) is 6.03 Å². The number of rotatable bonds is 4. The quantitative estimate of drug-likeness (QED) is 0.709. The number of nitrogens with zero attached hydrogens (tertiary/aromatic N) is 3. The van der Waals surface area contributed by atoms with Crippen molar-refractivity contribution in [3.63, 3.8) is 0 Å². The number of para-hydroxylation sites is 1. The smallest absolute Gasteiger partial charge is 0.322 e. The molecule has 0 atom stereocenters. The molecule has 0 aliphatic carbocycles. The maximum absolute atomic E-state index is 12.7. The van der Waals surface area contributed by atoms with Gasteiger partial charge in [-0.2, -0.15) is 0 Å². The van der Waals surface area contributed by atoms with E-state index in [1.807, 2.05) is 12.1 Å². The Hall–Kier alpha value is -3.42. The third kappa shape index (κ3) is 3.78. The summed E-state index contributed by atoms with van der Waals surface area (Å²) in [6.45, 7) is 4.69. The number of urea groups is 1. The Labute approximate surface area is 169 Å². The lowest BCUT2D eigenvalue weighted by molar-refractivity contribution is 0.208. The van der Waals surface area contributed by atoms with E-state index in [1.54, 1.807) is 31.3 Å². The van der Waals surface area contributed by atoms with E-state index < -0.39 is 0 Å². The highest BCUT2D eigenvalue weighted by atomic mass is 16.5. The summed E-state index contributed by atoms with van der Waals surface area (Å²) in [6.07, 6.45) is 0. The molecule has 1 saturated heterocycles. The molecule has 152 valence electrons. The topological polar surface area (TPSA) is 82.7 Å². The van der Waals surface area contributed by atoms with Crippen LogP contribution in [0.3, 0.4) is 0 Å². The van der Waals surface area contributed by atoms with Crippen molar-refractivity contribution in [1.29, 1.82) is 0 Å². The van der Waals surface area contributed by atoms with Crippen LogP contribution in [0, 0.1) is 6.92 Å². The highest BCUT2D eigenvalue weighted by molar-refractivity contribution is 5.92. The van der Waals surface area contributed by atoms with E-state index in [1.165, 1.54) is 5.56 Å². The van der Waals surface area contributed by atoms with Gasteiger partial charge in [0, 0.05) is 26.2 Å². The van der Waals surface area contributed by atoms with Crippen LogP contribution < -0.4 is 19.7 Å². The zero-order valence-corrected chi connectivity index (χ0v) is 16.9. The van der Waals surface area contributed by atoms with Gasteiger partial charge < -0.3 is 29.6 Å². The van der Waals surface area contributed by atoms with Crippen LogP contribution in [0.15, 0.2) is 36.4 Å². The molecule has 1 aliphatic heterocycles. The molecule has 2 aromatic carbocycles. The van der Waals surface area contributed by atoms with Gasteiger partial charge in [-0.1, -0.05) is 12.1 Å². The Morgan fingerprint density at radius 1 is 1.10 bits per heavy atom. The summed E-state index contributed by atoms with van der Waals surface area (Å²) in [5.74, 6) is 1.94. The van der Waals surface area contributed by atoms with Gasteiger partial charge in [0.15, 0.2) is 11.5 Å². The summed E-state index contributed by atoms with van der Waals surface area (Å²) >= 11 is 0. The van der Waals surface area contributed by atoms with Crippen molar-refractivity contribution < 1.29 is 14.3 Å². The number of hydrogen-bond donors (Lipinski definition) is 2. The average molecular weight is 395 g/mol. The van der Waals surface area contributed by atoms with E-state index in [2.05, 4.69) is 39.2 Å². The predicted molar refractivity (Wildman–Crippen MR) is 113 cm³/mol. The number of hydrogen-bond acceptors (Lipinski definition) is 5. The number of anilines is 2. The Morgan fingerprint density at radius 3 is 2.62 bits per heavy atom. The number of carbonyl (C=O) groups excluding carboxylic acids is 1. The van der Waals surface area contributed by atoms with Crippen molar-refractivity contribution in [3.8, 4) is 11.5 Å². The van der Waals surface area contributed by atoms with E-state index in [0.29, 0.717) is 43.4 Å². The summed E-state index contributed by atoms with van der Waals surface area (Å²) in [5.41, 5.74) is 3.77. The molecule has 1 aliphatic rings. The molecule has 2 heterocycles. The fraction of sp³-hybridized carbons (Fsp3) is 0.333. The average Bonchev–Trinajstić information content (AvgIpc) is 3.16. The molecule has 8 nitrogen and oxygen atoms in total. The van der Waals surface area contributed by atoms with Gasteiger partial charge in [0.1, 0.15) is 0 Å². The van der Waals surface area contributed by atoms with Crippen molar-refractivity contribution in [3.05, 3.63) is 42.0 Å². The molecule has 0 saturated carbocycles. The highest BCUT2D eigenvalue weighted by Crippen LogP contribution is 2.34. The first-order chi connectivity index (χ1) is 14.1. The molecule has 4 rings (SSSR count). The number of ether oxygens (including phenoxy) is 2. The van der Waals surface area contributed by atoms with E-state index in [0.717, 1.165) is 17.0 Å². The Balaban J connectivity index is 1.41. The van der Waals surface area contributed by atoms with Crippen LogP contribution in [0.4, 0.5) is 16.4 Å². The minimum absolute atomic E-state index is 0.156. The van der Waals surface area contributed by atoms with Crippen LogP contribution in [0.2, 0.25) is 0 Å². The maximum atomic E-state index is 12.7. The van der Waals surface area contributed by atoms with Crippen LogP contribution in [-0.2, 0) is 0 Å². The number of amides is 2. The second kappa shape index (κ2) is 7.90. The molecule has 1 fully saturated rings. The lowest BCUT2D eigenvalue weighted by Crippen LogP contribution is -2.50. The lowest BCUT2D eigenvalue weighted by atomic mass is 10.2. The van der Waals surface area contributed by atoms with Crippen LogP contribution >= 0.6 is 0 Å². The normalized spacial score (nSPS) is 14.2. The number of fused-ring (bicyclic) bond motifs is 1. The van der Waals surface area contributed by atoms with Crippen LogP contribution in [-0.4, -0.2) is 61.3 Å². The number of imidazole rings is 1. The third-order valence-corrected chi connectivity index (χ3v) is 5.14. The summed E-state index contributed by atoms with van der Waals surface area (Å²) in [6, 6.07) is 11.4. The van der Waals surface area contributed by atoms with Crippen molar-refractivity contribution in [2.24, 2.45) is 0 Å². The fourth-order valence-electron chi connectivity index (χ4n) is 3.56. The monoisotopic (exact) mass is 395 g/mol. The zero-order chi connectivity index (χ0) is 20.4. The number of methoxy groups -OCH3 is 2. The number of carbonyl (C=O) groups is 1. The lowest BCUT2D eigenvalue weighted by Gasteiger charge is -2.34. The molecule has 8 heteroatoms. The molecule has 0 radical (unpaired) electrons. The van der Waals surface area contributed by atoms with E-state index in [9.17, 15) is 4.79 Å². The largest absolute Gasteiger partial charge is 0.493 e. The Kier molecular flexibility index (Phi) is 5.16. The number of aromatic amines is 1. The van der Waals surface area contributed by atoms with Gasteiger partial charge in [-0.3, -0.25) is 0 Å². The first-order valence-electron chi connectivity index (χ1n) is 9.57. The molecule has 2 N–H and O–H groups in total. The Bertz CT molecular complexity index is 1020. The highest BCUT2D eigenvalue weighted by Gasteiger charge is 2.24. The molecular formula is C21H25N5O3. The molecule has 1 aromatic heterocycles.